The minimum absolute atomic E-state index is 0.104. The number of pyridine rings is 1. The second-order valence-corrected chi connectivity index (χ2v) is 10.7. The molecule has 1 saturated heterocycles. The van der Waals surface area contributed by atoms with Gasteiger partial charge in [0, 0.05) is 30.7 Å². The molecule has 2 aromatic heterocycles. The Morgan fingerprint density at radius 2 is 1.65 bits per heavy atom. The van der Waals surface area contributed by atoms with Gasteiger partial charge in [-0.1, -0.05) is 18.2 Å². The molecule has 37 heavy (non-hydrogen) atoms. The molecular formula is C25H22F3N5O3S. The fraction of sp³-hybridized carbons (Fsp3) is 0.240. The number of aromatic nitrogens is 3. The molecule has 0 radical (unpaired) electrons. The maximum Gasteiger partial charge on any atom is 0.417 e. The fourth-order valence-corrected chi connectivity index (χ4v) is 5.81. The van der Waals surface area contributed by atoms with Crippen molar-refractivity contribution in [3.05, 3.63) is 82.9 Å². The minimum Gasteiger partial charge on any atom is -0.367 e. The Morgan fingerprint density at radius 1 is 0.946 bits per heavy atom. The highest BCUT2D eigenvalue weighted by Gasteiger charge is 2.32. The van der Waals surface area contributed by atoms with E-state index in [2.05, 4.69) is 20.5 Å². The highest BCUT2D eigenvalue weighted by Crippen LogP contribution is 2.30. The molecular weight excluding hydrogens is 507 g/mol. The topological polar surface area (TPSA) is 108 Å². The van der Waals surface area contributed by atoms with Crippen LogP contribution in [0.2, 0.25) is 0 Å². The van der Waals surface area contributed by atoms with Gasteiger partial charge in [-0.05, 0) is 60.4 Å². The van der Waals surface area contributed by atoms with Gasteiger partial charge < -0.3 is 5.32 Å². The molecule has 4 aromatic rings. The summed E-state index contributed by atoms with van der Waals surface area (Å²) in [6.45, 7) is 0.545. The quantitative estimate of drug-likeness (QED) is 0.400. The van der Waals surface area contributed by atoms with E-state index in [9.17, 15) is 26.4 Å². The van der Waals surface area contributed by atoms with Gasteiger partial charge in [-0.3, -0.25) is 4.79 Å². The van der Waals surface area contributed by atoms with Crippen molar-refractivity contribution in [1.29, 1.82) is 0 Å². The van der Waals surface area contributed by atoms with Gasteiger partial charge in [-0.15, -0.1) is 0 Å². The number of rotatable bonds is 5. The van der Waals surface area contributed by atoms with E-state index >= 15 is 0 Å². The zero-order valence-electron chi connectivity index (χ0n) is 19.4. The molecule has 0 saturated carbocycles. The Morgan fingerprint density at radius 3 is 2.30 bits per heavy atom. The van der Waals surface area contributed by atoms with Crippen LogP contribution in [0.4, 0.5) is 19.0 Å². The number of alkyl halides is 3. The van der Waals surface area contributed by atoms with Crippen molar-refractivity contribution in [2.45, 2.75) is 30.0 Å². The molecule has 5 rings (SSSR count). The normalized spacial score (nSPS) is 15.6. The molecule has 1 aliphatic heterocycles. The molecule has 3 heterocycles. The number of nitrogens with one attached hydrogen (secondary N) is 2. The van der Waals surface area contributed by atoms with Crippen LogP contribution in [0.5, 0.6) is 0 Å². The van der Waals surface area contributed by atoms with Gasteiger partial charge in [0.15, 0.2) is 0 Å². The summed E-state index contributed by atoms with van der Waals surface area (Å²) in [5, 5.41) is 10.5. The number of anilines is 1. The van der Waals surface area contributed by atoms with E-state index in [1.807, 2.05) is 6.07 Å². The summed E-state index contributed by atoms with van der Waals surface area (Å²) in [7, 11) is -3.71. The van der Waals surface area contributed by atoms with Crippen LogP contribution < -0.4 is 10.9 Å². The molecule has 12 heteroatoms. The van der Waals surface area contributed by atoms with E-state index < -0.39 is 21.8 Å². The summed E-state index contributed by atoms with van der Waals surface area (Å²) in [5.74, 6) is 0.318. The predicted molar refractivity (Wildman–Crippen MR) is 132 cm³/mol. The molecule has 0 amide bonds. The summed E-state index contributed by atoms with van der Waals surface area (Å²) in [4.78, 5) is 15.9. The van der Waals surface area contributed by atoms with Crippen LogP contribution >= 0.6 is 0 Å². The van der Waals surface area contributed by atoms with Crippen molar-refractivity contribution >= 4 is 26.6 Å². The number of sulfonamides is 1. The summed E-state index contributed by atoms with van der Waals surface area (Å²) in [5.41, 5.74) is 0.527. The van der Waals surface area contributed by atoms with E-state index in [0.717, 1.165) is 23.4 Å². The third kappa shape index (κ3) is 5.20. The molecule has 0 bridgehead atoms. The van der Waals surface area contributed by atoms with Gasteiger partial charge >= 0.3 is 6.18 Å². The minimum atomic E-state index is -4.45. The molecule has 8 nitrogen and oxygen atoms in total. The van der Waals surface area contributed by atoms with Crippen LogP contribution in [0.25, 0.3) is 21.9 Å². The van der Waals surface area contributed by atoms with Crippen LogP contribution in [0.3, 0.4) is 0 Å². The highest BCUT2D eigenvalue weighted by atomic mass is 32.2. The molecule has 192 valence electrons. The Hall–Kier alpha value is -3.77. The second kappa shape index (κ2) is 9.60. The highest BCUT2D eigenvalue weighted by molar-refractivity contribution is 7.89. The van der Waals surface area contributed by atoms with Crippen LogP contribution in [0, 0.1) is 0 Å². The van der Waals surface area contributed by atoms with Crippen LogP contribution in [-0.2, 0) is 16.2 Å². The lowest BCUT2D eigenvalue weighted by Crippen LogP contribution is -2.42. The average Bonchev–Trinajstić information content (AvgIpc) is 2.89. The van der Waals surface area contributed by atoms with Gasteiger partial charge in [0.1, 0.15) is 5.82 Å². The first kappa shape index (κ1) is 24.9. The van der Waals surface area contributed by atoms with Crippen molar-refractivity contribution < 1.29 is 21.6 Å². The largest absolute Gasteiger partial charge is 0.417 e. The second-order valence-electron chi connectivity index (χ2n) is 8.78. The number of fused-ring (bicyclic) bond motifs is 1. The maximum atomic E-state index is 13.2. The Kier molecular flexibility index (Phi) is 6.46. The standard InChI is InChI=1S/C25H22F3N5O3S/c26-25(27,28)19-4-8-23(29-15-19)31-20-9-11-33(12-10-20)37(35,36)21-5-1-16(2-6-21)17-3-7-22-18(13-17)14-30-32-24(22)34/h1-8,13-15,20H,9-12H2,(H,29,31)(H,32,34). The van der Waals surface area contributed by atoms with Crippen LogP contribution in [0.1, 0.15) is 18.4 Å². The first-order valence-corrected chi connectivity index (χ1v) is 12.9. The van der Waals surface area contributed by atoms with E-state index in [0.29, 0.717) is 29.4 Å². The molecule has 1 fully saturated rings. The van der Waals surface area contributed by atoms with Gasteiger partial charge in [0.25, 0.3) is 5.56 Å². The van der Waals surface area contributed by atoms with Gasteiger partial charge in [-0.2, -0.15) is 22.6 Å². The SMILES string of the molecule is O=c1[nH]ncc2cc(-c3ccc(S(=O)(=O)N4CCC(Nc5ccc(C(F)(F)F)cn5)CC4)cc3)ccc12. The number of hydrogen-bond donors (Lipinski definition) is 2. The van der Waals surface area contributed by atoms with Crippen molar-refractivity contribution in [2.24, 2.45) is 0 Å². The van der Waals surface area contributed by atoms with Crippen molar-refractivity contribution in [3.8, 4) is 11.1 Å². The number of hydrogen-bond acceptors (Lipinski definition) is 6. The summed E-state index contributed by atoms with van der Waals surface area (Å²) >= 11 is 0. The smallest absolute Gasteiger partial charge is 0.367 e. The van der Waals surface area contributed by atoms with E-state index in [-0.39, 0.29) is 29.6 Å². The van der Waals surface area contributed by atoms with E-state index in [1.165, 1.54) is 10.4 Å². The third-order valence-corrected chi connectivity index (χ3v) is 8.30. The molecule has 2 aromatic carbocycles. The van der Waals surface area contributed by atoms with Crippen molar-refractivity contribution in [3.63, 3.8) is 0 Å². The maximum absolute atomic E-state index is 13.2. The lowest BCUT2D eigenvalue weighted by molar-refractivity contribution is -0.137. The van der Waals surface area contributed by atoms with Crippen molar-refractivity contribution in [1.82, 2.24) is 19.5 Å². The zero-order valence-corrected chi connectivity index (χ0v) is 20.2. The monoisotopic (exact) mass is 529 g/mol. The van der Waals surface area contributed by atoms with Crippen molar-refractivity contribution in [2.75, 3.05) is 18.4 Å². The number of aromatic amines is 1. The summed E-state index contributed by atoms with van der Waals surface area (Å²) in [6.07, 6.45) is -1.13. The van der Waals surface area contributed by atoms with E-state index in [1.54, 1.807) is 42.6 Å². The average molecular weight is 530 g/mol. The third-order valence-electron chi connectivity index (χ3n) is 6.39. The Bertz CT molecular complexity index is 1580. The van der Waals surface area contributed by atoms with E-state index in [4.69, 9.17) is 0 Å². The Balaban J connectivity index is 1.24. The molecule has 0 aliphatic carbocycles. The lowest BCUT2D eigenvalue weighted by Gasteiger charge is -2.32. The van der Waals surface area contributed by atoms with Crippen LogP contribution in [-0.4, -0.2) is 47.0 Å². The van der Waals surface area contributed by atoms with Gasteiger partial charge in [0.05, 0.1) is 22.0 Å². The van der Waals surface area contributed by atoms with Crippen LogP contribution in [0.15, 0.2) is 76.7 Å². The number of halogens is 3. The molecule has 2 N–H and O–H groups in total. The molecule has 1 aliphatic rings. The first-order chi connectivity index (χ1) is 17.6. The van der Waals surface area contributed by atoms with Gasteiger partial charge in [0.2, 0.25) is 10.0 Å². The number of H-pyrrole nitrogens is 1. The summed E-state index contributed by atoms with van der Waals surface area (Å²) in [6, 6.07) is 14.0. The molecule has 0 spiro atoms. The lowest BCUT2D eigenvalue weighted by atomic mass is 10.0. The zero-order chi connectivity index (χ0) is 26.2. The number of benzene rings is 2. The fourth-order valence-electron chi connectivity index (χ4n) is 4.34. The molecule has 0 atom stereocenters. The molecule has 0 unspecified atom stereocenters. The number of piperidine rings is 1. The van der Waals surface area contributed by atoms with Gasteiger partial charge in [-0.25, -0.2) is 18.5 Å². The first-order valence-electron chi connectivity index (χ1n) is 11.5. The summed E-state index contributed by atoms with van der Waals surface area (Å²) < 4.78 is 65.9. The number of nitrogens with zero attached hydrogens (tertiary/aromatic N) is 3. The predicted octanol–water partition coefficient (Wildman–Crippen LogP) is 4.27. The Labute approximate surface area is 210 Å².